The van der Waals surface area contributed by atoms with E-state index in [2.05, 4.69) is 15.0 Å². The molecule has 8 heteroatoms. The Morgan fingerprint density at radius 2 is 1.97 bits per heavy atom. The van der Waals surface area contributed by atoms with Crippen LogP contribution >= 0.6 is 11.9 Å². The van der Waals surface area contributed by atoms with Crippen LogP contribution in [-0.2, 0) is 4.74 Å². The van der Waals surface area contributed by atoms with E-state index in [1.54, 1.807) is 18.5 Å². The molecule has 0 bridgehead atoms. The van der Waals surface area contributed by atoms with E-state index >= 15 is 0 Å². The summed E-state index contributed by atoms with van der Waals surface area (Å²) in [5.41, 5.74) is 1.61. The van der Waals surface area contributed by atoms with Gasteiger partial charge in [0.05, 0.1) is 12.6 Å². The summed E-state index contributed by atoms with van der Waals surface area (Å²) in [5.74, 6) is 0.389. The van der Waals surface area contributed by atoms with Crippen molar-refractivity contribution in [1.29, 1.82) is 0 Å². The third-order valence-corrected chi connectivity index (χ3v) is 5.04. The molecule has 0 saturated heterocycles. The second kappa shape index (κ2) is 8.73. The third-order valence-electron chi connectivity index (χ3n) is 4.24. The molecule has 154 valence electrons. The van der Waals surface area contributed by atoms with Gasteiger partial charge in [-0.3, -0.25) is 14.5 Å². The van der Waals surface area contributed by atoms with Gasteiger partial charge in [0.1, 0.15) is 11.4 Å². The van der Waals surface area contributed by atoms with Gasteiger partial charge in [-0.25, -0.2) is 4.79 Å². The number of aromatic nitrogens is 1. The molecule has 1 atom stereocenters. The fourth-order valence-corrected chi connectivity index (χ4v) is 3.54. The number of amides is 2. The highest BCUT2D eigenvalue weighted by Crippen LogP contribution is 2.35. The molecule has 2 heterocycles. The number of fused-ring (bicyclic) bond motifs is 1. The van der Waals surface area contributed by atoms with E-state index in [4.69, 9.17) is 9.47 Å². The lowest BCUT2D eigenvalue weighted by Crippen LogP contribution is -2.37. The molecule has 7 nitrogen and oxygen atoms in total. The minimum atomic E-state index is -0.567. The topological polar surface area (TPSA) is 89.5 Å². The number of benzene rings is 1. The number of rotatable bonds is 4. The van der Waals surface area contributed by atoms with E-state index < -0.39 is 11.7 Å². The first kappa shape index (κ1) is 21.0. The molecule has 0 unspecified atom stereocenters. The summed E-state index contributed by atoms with van der Waals surface area (Å²) in [6.45, 7) is 7.78. The number of nitrogens with one attached hydrogen (secondary N) is 2. The highest BCUT2D eigenvalue weighted by Gasteiger charge is 2.27. The van der Waals surface area contributed by atoms with E-state index in [-0.39, 0.29) is 11.9 Å². The van der Waals surface area contributed by atoms with Crippen LogP contribution in [0.4, 0.5) is 4.79 Å². The predicted octanol–water partition coefficient (Wildman–Crippen LogP) is 4.18. The Hall–Kier alpha value is -2.74. The van der Waals surface area contributed by atoms with Crippen molar-refractivity contribution in [1.82, 2.24) is 15.0 Å². The fourth-order valence-electron chi connectivity index (χ4n) is 2.96. The molecule has 1 aliphatic heterocycles. The molecule has 0 radical (unpaired) electrons. The second-order valence-corrected chi connectivity index (χ2v) is 8.64. The van der Waals surface area contributed by atoms with Crippen molar-refractivity contribution in [2.24, 2.45) is 0 Å². The first-order valence-electron chi connectivity index (χ1n) is 9.37. The summed E-state index contributed by atoms with van der Waals surface area (Å²) < 4.78 is 14.0. The maximum Gasteiger partial charge on any atom is 0.408 e. The number of hydrogen-bond acceptors (Lipinski definition) is 6. The normalized spacial score (nSPS) is 15.7. The summed E-state index contributed by atoms with van der Waals surface area (Å²) >= 11 is 1.23. The van der Waals surface area contributed by atoms with Gasteiger partial charge in [-0.1, -0.05) is 0 Å². The van der Waals surface area contributed by atoms with Gasteiger partial charge in [0.15, 0.2) is 0 Å². The summed E-state index contributed by atoms with van der Waals surface area (Å²) in [6, 6.07) is 7.04. The Balaban J connectivity index is 1.73. The molecular formula is C21H25N3O4S. The van der Waals surface area contributed by atoms with Gasteiger partial charge in [0.25, 0.3) is 5.91 Å². The van der Waals surface area contributed by atoms with Gasteiger partial charge in [-0.15, -0.1) is 0 Å². The SMILES string of the molecule is Cc1cc2c(cc1C(=O)NSc1ccncc1)OCC[C@@H]2NC(=O)OC(C)(C)C. The highest BCUT2D eigenvalue weighted by molar-refractivity contribution is 7.98. The molecule has 0 aliphatic carbocycles. The lowest BCUT2D eigenvalue weighted by molar-refractivity contribution is 0.0490. The van der Waals surface area contributed by atoms with Crippen LogP contribution in [0.25, 0.3) is 0 Å². The van der Waals surface area contributed by atoms with Crippen LogP contribution < -0.4 is 14.8 Å². The second-order valence-electron chi connectivity index (χ2n) is 7.76. The van der Waals surface area contributed by atoms with Crippen LogP contribution in [0.5, 0.6) is 5.75 Å². The van der Waals surface area contributed by atoms with Gasteiger partial charge in [0, 0.05) is 34.8 Å². The third kappa shape index (κ3) is 5.63. The molecule has 3 rings (SSSR count). The lowest BCUT2D eigenvalue weighted by Gasteiger charge is -2.29. The smallest absolute Gasteiger partial charge is 0.408 e. The van der Waals surface area contributed by atoms with Gasteiger partial charge in [-0.05, 0) is 69.5 Å². The number of alkyl carbamates (subject to hydrolysis) is 1. The van der Waals surface area contributed by atoms with Crippen molar-refractivity contribution in [3.63, 3.8) is 0 Å². The van der Waals surface area contributed by atoms with E-state index in [1.807, 2.05) is 45.9 Å². The van der Waals surface area contributed by atoms with Crippen molar-refractivity contribution in [3.05, 3.63) is 53.3 Å². The quantitative estimate of drug-likeness (QED) is 0.729. The first-order chi connectivity index (χ1) is 13.7. The predicted molar refractivity (Wildman–Crippen MR) is 111 cm³/mol. The highest BCUT2D eigenvalue weighted by atomic mass is 32.2. The number of hydrogen-bond donors (Lipinski definition) is 2. The first-order valence-corrected chi connectivity index (χ1v) is 10.2. The molecule has 29 heavy (non-hydrogen) atoms. The summed E-state index contributed by atoms with van der Waals surface area (Å²) in [4.78, 5) is 29.7. The van der Waals surface area contributed by atoms with E-state index in [9.17, 15) is 9.59 Å². The molecule has 2 amide bonds. The minimum Gasteiger partial charge on any atom is -0.493 e. The molecule has 1 aromatic carbocycles. The number of pyridine rings is 1. The average molecular weight is 416 g/mol. The zero-order chi connectivity index (χ0) is 21.0. The van der Waals surface area contributed by atoms with E-state index in [0.717, 1.165) is 16.0 Å². The van der Waals surface area contributed by atoms with Gasteiger partial charge < -0.3 is 14.8 Å². The molecular weight excluding hydrogens is 390 g/mol. The van der Waals surface area contributed by atoms with Gasteiger partial charge in [-0.2, -0.15) is 0 Å². The zero-order valence-corrected chi connectivity index (χ0v) is 17.8. The van der Waals surface area contributed by atoms with Crippen molar-refractivity contribution in [2.45, 2.75) is 50.7 Å². The Morgan fingerprint density at radius 1 is 1.24 bits per heavy atom. The standard InChI is InChI=1S/C21H25N3O4S/c1-13-11-16-17(23-20(26)28-21(2,3)4)7-10-27-18(16)12-15(13)19(25)24-29-14-5-8-22-9-6-14/h5-6,8-9,11-12,17H,7,10H2,1-4H3,(H,23,26)(H,24,25)/t17-/m0/s1. The van der Waals surface area contributed by atoms with Gasteiger partial charge >= 0.3 is 6.09 Å². The molecule has 1 aromatic heterocycles. The van der Waals surface area contributed by atoms with Crippen molar-refractivity contribution in [2.75, 3.05) is 6.61 Å². The lowest BCUT2D eigenvalue weighted by atomic mass is 9.95. The summed E-state index contributed by atoms with van der Waals surface area (Å²) in [7, 11) is 0. The summed E-state index contributed by atoms with van der Waals surface area (Å²) in [6.07, 6.45) is 3.51. The Bertz CT molecular complexity index is 897. The number of ether oxygens (including phenoxy) is 2. The number of nitrogens with zero attached hydrogens (tertiary/aromatic N) is 1. The van der Waals surface area contributed by atoms with E-state index in [1.165, 1.54) is 11.9 Å². The molecule has 0 spiro atoms. The van der Waals surface area contributed by atoms with Crippen LogP contribution in [0, 0.1) is 6.92 Å². The van der Waals surface area contributed by atoms with Crippen LogP contribution in [0.2, 0.25) is 0 Å². The Labute approximate surface area is 174 Å². The van der Waals surface area contributed by atoms with E-state index in [0.29, 0.717) is 24.3 Å². The Morgan fingerprint density at radius 3 is 2.66 bits per heavy atom. The zero-order valence-electron chi connectivity index (χ0n) is 16.9. The maximum absolute atomic E-state index is 12.6. The molecule has 0 saturated carbocycles. The molecule has 1 aliphatic rings. The van der Waals surface area contributed by atoms with Crippen molar-refractivity contribution in [3.8, 4) is 5.75 Å². The largest absolute Gasteiger partial charge is 0.493 e. The van der Waals surface area contributed by atoms with Crippen LogP contribution in [-0.4, -0.2) is 29.2 Å². The van der Waals surface area contributed by atoms with Crippen LogP contribution in [0.15, 0.2) is 41.6 Å². The minimum absolute atomic E-state index is 0.210. The number of carbonyl (C=O) groups excluding carboxylic acids is 2. The van der Waals surface area contributed by atoms with Crippen molar-refractivity contribution >= 4 is 23.9 Å². The number of carbonyl (C=O) groups is 2. The van der Waals surface area contributed by atoms with Crippen LogP contribution in [0.1, 0.15) is 54.7 Å². The molecule has 2 N–H and O–H groups in total. The maximum atomic E-state index is 12.6. The van der Waals surface area contributed by atoms with Crippen molar-refractivity contribution < 1.29 is 19.1 Å². The monoisotopic (exact) mass is 415 g/mol. The number of aryl methyl sites for hydroxylation is 1. The average Bonchev–Trinajstić information content (AvgIpc) is 2.65. The Kier molecular flexibility index (Phi) is 6.32. The molecule has 0 fully saturated rings. The summed E-state index contributed by atoms with van der Waals surface area (Å²) in [5, 5.41) is 2.90. The van der Waals surface area contributed by atoms with Gasteiger partial charge in [0.2, 0.25) is 0 Å². The van der Waals surface area contributed by atoms with Crippen LogP contribution in [0.3, 0.4) is 0 Å². The fraction of sp³-hybridized carbons (Fsp3) is 0.381. The molecule has 2 aromatic rings.